The van der Waals surface area contributed by atoms with Crippen LogP contribution in [-0.2, 0) is 16.0 Å². The second-order valence-electron chi connectivity index (χ2n) is 4.15. The largest absolute Gasteiger partial charge is 0.481 e. The lowest BCUT2D eigenvalue weighted by atomic mass is 10.1. The van der Waals surface area contributed by atoms with Gasteiger partial charge in [0.1, 0.15) is 0 Å². The summed E-state index contributed by atoms with van der Waals surface area (Å²) in [7, 11) is 0. The van der Waals surface area contributed by atoms with Gasteiger partial charge in [0.25, 0.3) is 0 Å². The number of carboxylic acids is 1. The molecule has 0 aliphatic rings. The van der Waals surface area contributed by atoms with Crippen LogP contribution in [0.5, 0.6) is 0 Å². The summed E-state index contributed by atoms with van der Waals surface area (Å²) in [5.74, 6) is -0.863. The van der Waals surface area contributed by atoms with Crippen LogP contribution < -0.4 is 5.32 Å². The quantitative estimate of drug-likeness (QED) is 0.707. The molecule has 5 nitrogen and oxygen atoms in total. The van der Waals surface area contributed by atoms with Crippen LogP contribution in [0, 0.1) is 0 Å². The van der Waals surface area contributed by atoms with Gasteiger partial charge in [-0.25, -0.2) is 4.79 Å². The fourth-order valence-corrected chi connectivity index (χ4v) is 1.57. The molecule has 0 aliphatic carbocycles. The normalized spacial score (nSPS) is 9.89. The molecule has 0 fully saturated rings. The summed E-state index contributed by atoms with van der Waals surface area (Å²) in [5.41, 5.74) is 1.22. The van der Waals surface area contributed by atoms with Crippen molar-refractivity contribution in [3.8, 4) is 0 Å². The molecular weight excluding hydrogens is 246 g/mol. The van der Waals surface area contributed by atoms with E-state index in [0.717, 1.165) is 12.8 Å². The van der Waals surface area contributed by atoms with E-state index in [2.05, 4.69) is 5.32 Å². The summed E-state index contributed by atoms with van der Waals surface area (Å²) in [6.07, 6.45) is 1.61. The molecule has 104 valence electrons. The van der Waals surface area contributed by atoms with Crippen molar-refractivity contribution in [1.29, 1.82) is 0 Å². The number of alkyl carbamates (subject to hydrolysis) is 1. The van der Waals surface area contributed by atoms with E-state index in [1.54, 1.807) is 0 Å². The summed E-state index contributed by atoms with van der Waals surface area (Å²) >= 11 is 0. The lowest BCUT2D eigenvalue weighted by molar-refractivity contribution is -0.137. The van der Waals surface area contributed by atoms with Crippen LogP contribution >= 0.6 is 0 Å². The van der Waals surface area contributed by atoms with Gasteiger partial charge in [-0.15, -0.1) is 0 Å². The van der Waals surface area contributed by atoms with Crippen molar-refractivity contribution in [1.82, 2.24) is 5.32 Å². The van der Waals surface area contributed by atoms with Crippen LogP contribution in [0.15, 0.2) is 30.3 Å². The molecule has 0 aromatic heterocycles. The Labute approximate surface area is 112 Å². The molecule has 0 spiro atoms. The minimum absolute atomic E-state index is 0.0499. The molecule has 1 rings (SSSR count). The minimum atomic E-state index is -0.863. The predicted molar refractivity (Wildman–Crippen MR) is 71.0 cm³/mol. The number of aliphatic carboxylic acids is 1. The third-order valence-corrected chi connectivity index (χ3v) is 2.52. The minimum Gasteiger partial charge on any atom is -0.481 e. The zero-order valence-electron chi connectivity index (χ0n) is 10.8. The predicted octanol–water partition coefficient (Wildman–Crippen LogP) is 2.21. The van der Waals surface area contributed by atoms with Crippen molar-refractivity contribution >= 4 is 12.1 Å². The Morgan fingerprint density at radius 3 is 2.58 bits per heavy atom. The molecule has 1 amide bonds. The van der Waals surface area contributed by atoms with Crippen LogP contribution in [-0.4, -0.2) is 30.3 Å². The zero-order valence-corrected chi connectivity index (χ0v) is 10.8. The van der Waals surface area contributed by atoms with E-state index in [4.69, 9.17) is 9.84 Å². The molecule has 0 atom stereocenters. The summed E-state index contributed by atoms with van der Waals surface area (Å²) < 4.78 is 4.97. The number of carbonyl (C=O) groups is 2. The fraction of sp³-hybridized carbons (Fsp3) is 0.429. The van der Waals surface area contributed by atoms with E-state index >= 15 is 0 Å². The number of ether oxygens (including phenoxy) is 1. The maximum absolute atomic E-state index is 11.2. The van der Waals surface area contributed by atoms with Gasteiger partial charge in [0, 0.05) is 13.0 Å². The highest BCUT2D eigenvalue weighted by molar-refractivity contribution is 5.68. The number of benzene rings is 1. The molecule has 0 unspecified atom stereocenters. The second-order valence-corrected chi connectivity index (χ2v) is 4.15. The number of carboxylic acid groups (broad SMARTS) is 1. The molecule has 0 heterocycles. The highest BCUT2D eigenvalue weighted by atomic mass is 16.5. The van der Waals surface area contributed by atoms with E-state index in [9.17, 15) is 9.59 Å². The number of amides is 1. The van der Waals surface area contributed by atoms with Gasteiger partial charge in [-0.1, -0.05) is 30.3 Å². The second kappa shape index (κ2) is 8.97. The van der Waals surface area contributed by atoms with Gasteiger partial charge in [-0.05, 0) is 24.8 Å². The zero-order chi connectivity index (χ0) is 13.9. The number of rotatable bonds is 8. The first-order chi connectivity index (χ1) is 9.18. The molecule has 0 radical (unpaired) electrons. The first-order valence-electron chi connectivity index (χ1n) is 6.35. The Kier molecular flexibility index (Phi) is 7.09. The number of carbonyl (C=O) groups excluding carboxylic acids is 1. The topological polar surface area (TPSA) is 75.6 Å². The number of aryl methyl sites for hydroxylation is 1. The summed E-state index contributed by atoms with van der Waals surface area (Å²) in [6.45, 7) is 0.684. The third-order valence-electron chi connectivity index (χ3n) is 2.52. The van der Waals surface area contributed by atoms with Crippen molar-refractivity contribution < 1.29 is 19.4 Å². The maximum atomic E-state index is 11.2. The molecule has 5 heteroatoms. The van der Waals surface area contributed by atoms with Crippen LogP contribution in [0.4, 0.5) is 4.79 Å². The Morgan fingerprint density at radius 1 is 1.16 bits per heavy atom. The molecule has 2 N–H and O–H groups in total. The first kappa shape index (κ1) is 15.0. The van der Waals surface area contributed by atoms with E-state index < -0.39 is 12.1 Å². The summed E-state index contributed by atoms with van der Waals surface area (Å²) in [6, 6.07) is 9.99. The molecule has 1 aromatic rings. The first-order valence-corrected chi connectivity index (χ1v) is 6.35. The van der Waals surface area contributed by atoms with E-state index in [-0.39, 0.29) is 6.42 Å². The van der Waals surface area contributed by atoms with Crippen LogP contribution in [0.3, 0.4) is 0 Å². The van der Waals surface area contributed by atoms with Gasteiger partial charge >= 0.3 is 12.1 Å². The van der Waals surface area contributed by atoms with Gasteiger partial charge in [0.05, 0.1) is 6.61 Å². The molecule has 0 aliphatic heterocycles. The highest BCUT2D eigenvalue weighted by Gasteiger charge is 2.02. The maximum Gasteiger partial charge on any atom is 0.407 e. The van der Waals surface area contributed by atoms with Gasteiger partial charge in [0.15, 0.2) is 0 Å². The molecule has 0 saturated heterocycles. The third kappa shape index (κ3) is 7.81. The molecular formula is C14H19NO4. The Morgan fingerprint density at radius 2 is 1.89 bits per heavy atom. The Hall–Kier alpha value is -2.04. The van der Waals surface area contributed by atoms with Crippen molar-refractivity contribution in [3.05, 3.63) is 35.9 Å². The molecule has 0 bridgehead atoms. The smallest absolute Gasteiger partial charge is 0.407 e. The fourth-order valence-electron chi connectivity index (χ4n) is 1.57. The van der Waals surface area contributed by atoms with Crippen molar-refractivity contribution in [2.24, 2.45) is 0 Å². The van der Waals surface area contributed by atoms with E-state index in [0.29, 0.717) is 19.6 Å². The van der Waals surface area contributed by atoms with E-state index in [1.807, 2.05) is 30.3 Å². The van der Waals surface area contributed by atoms with Gasteiger partial charge in [-0.3, -0.25) is 4.79 Å². The lowest BCUT2D eigenvalue weighted by Crippen LogP contribution is -2.26. The van der Waals surface area contributed by atoms with Crippen LogP contribution in [0.25, 0.3) is 0 Å². The molecule has 1 aromatic carbocycles. The van der Waals surface area contributed by atoms with Gasteiger partial charge in [0.2, 0.25) is 0 Å². The van der Waals surface area contributed by atoms with Crippen molar-refractivity contribution in [2.75, 3.05) is 13.2 Å². The molecule has 0 saturated carbocycles. The SMILES string of the molecule is O=C(O)CCCNC(=O)OCCCc1ccccc1. The Bertz CT molecular complexity index is 392. The average Bonchev–Trinajstić information content (AvgIpc) is 2.41. The standard InChI is InChI=1S/C14H19NO4/c16-13(17)9-4-10-15-14(18)19-11-5-8-12-6-2-1-3-7-12/h1-3,6-7H,4-5,8-11H2,(H,15,18)(H,16,17). The average molecular weight is 265 g/mol. The lowest BCUT2D eigenvalue weighted by Gasteiger charge is -2.06. The molecule has 19 heavy (non-hydrogen) atoms. The summed E-state index contributed by atoms with van der Waals surface area (Å²) in [5, 5.41) is 10.9. The van der Waals surface area contributed by atoms with Crippen molar-refractivity contribution in [3.63, 3.8) is 0 Å². The van der Waals surface area contributed by atoms with Gasteiger partial charge in [-0.2, -0.15) is 0 Å². The number of nitrogens with one attached hydrogen (secondary N) is 1. The summed E-state index contributed by atoms with van der Waals surface area (Å²) in [4.78, 5) is 21.5. The van der Waals surface area contributed by atoms with E-state index in [1.165, 1.54) is 5.56 Å². The van der Waals surface area contributed by atoms with Gasteiger partial charge < -0.3 is 15.2 Å². The monoisotopic (exact) mass is 265 g/mol. The Balaban J connectivity index is 2.00. The number of hydrogen-bond donors (Lipinski definition) is 2. The number of hydrogen-bond acceptors (Lipinski definition) is 3. The van der Waals surface area contributed by atoms with Crippen LogP contribution in [0.1, 0.15) is 24.8 Å². The van der Waals surface area contributed by atoms with Crippen molar-refractivity contribution in [2.45, 2.75) is 25.7 Å². The highest BCUT2D eigenvalue weighted by Crippen LogP contribution is 2.02. The van der Waals surface area contributed by atoms with Crippen LogP contribution in [0.2, 0.25) is 0 Å².